The van der Waals surface area contributed by atoms with E-state index in [0.29, 0.717) is 6.42 Å². The minimum Gasteiger partial charge on any atom is -0.398 e. The van der Waals surface area contributed by atoms with Crippen LogP contribution in [0.1, 0.15) is 19.3 Å². The molecule has 1 heterocycles. The summed E-state index contributed by atoms with van der Waals surface area (Å²) in [5.74, 6) is -0.822. The van der Waals surface area contributed by atoms with E-state index in [1.54, 1.807) is 0 Å². The highest BCUT2D eigenvalue weighted by molar-refractivity contribution is 7.89. The van der Waals surface area contributed by atoms with E-state index in [9.17, 15) is 12.8 Å². The molecule has 7 heteroatoms. The molecule has 2 rings (SSSR count). The first-order valence-electron chi connectivity index (χ1n) is 6.77. The Bertz CT molecular complexity index is 536. The molecule has 1 aromatic rings. The number of nitrogens with zero attached hydrogens (tertiary/aromatic N) is 1. The molecule has 0 spiro atoms. The van der Waals surface area contributed by atoms with Crippen molar-refractivity contribution in [2.24, 2.45) is 0 Å². The molecule has 1 saturated heterocycles. The van der Waals surface area contributed by atoms with Crippen LogP contribution in [0.2, 0.25) is 0 Å². The monoisotopic (exact) mass is 301 g/mol. The van der Waals surface area contributed by atoms with Gasteiger partial charge < -0.3 is 10.6 Å². The lowest BCUT2D eigenvalue weighted by atomic mass is 10.3. The van der Waals surface area contributed by atoms with Gasteiger partial charge in [-0.05, 0) is 51.0 Å². The van der Waals surface area contributed by atoms with Gasteiger partial charge in [0, 0.05) is 6.54 Å². The SMILES string of the molecule is Nc1cccc(F)c1S(=O)(=O)NCCCN1CCCC1. The number of anilines is 1. The number of halogens is 1. The van der Waals surface area contributed by atoms with Gasteiger partial charge in [0.15, 0.2) is 0 Å². The zero-order valence-electron chi connectivity index (χ0n) is 11.3. The molecule has 3 N–H and O–H groups in total. The van der Waals surface area contributed by atoms with Crippen LogP contribution in [0.15, 0.2) is 23.1 Å². The summed E-state index contributed by atoms with van der Waals surface area (Å²) in [5.41, 5.74) is 5.47. The third-order valence-electron chi connectivity index (χ3n) is 3.41. The minimum atomic E-state index is -3.89. The van der Waals surface area contributed by atoms with E-state index in [-0.39, 0.29) is 12.2 Å². The maximum atomic E-state index is 13.6. The molecular formula is C13H20FN3O2S. The van der Waals surface area contributed by atoms with Crippen LogP contribution in [0.4, 0.5) is 10.1 Å². The van der Waals surface area contributed by atoms with Gasteiger partial charge in [-0.2, -0.15) is 0 Å². The summed E-state index contributed by atoms with van der Waals surface area (Å²) in [6.45, 7) is 3.29. The Morgan fingerprint density at radius 2 is 2.00 bits per heavy atom. The predicted molar refractivity (Wildman–Crippen MR) is 76.3 cm³/mol. The molecule has 0 amide bonds. The molecule has 0 atom stereocenters. The van der Waals surface area contributed by atoms with E-state index in [2.05, 4.69) is 9.62 Å². The molecule has 112 valence electrons. The summed E-state index contributed by atoms with van der Waals surface area (Å²) in [4.78, 5) is 1.84. The van der Waals surface area contributed by atoms with Gasteiger partial charge in [0.05, 0.1) is 5.69 Å². The molecule has 1 aliphatic heterocycles. The third kappa shape index (κ3) is 3.68. The van der Waals surface area contributed by atoms with E-state index in [0.717, 1.165) is 25.7 Å². The summed E-state index contributed by atoms with van der Waals surface area (Å²) < 4.78 is 40.1. The topological polar surface area (TPSA) is 75.4 Å². The number of nitrogen functional groups attached to an aromatic ring is 1. The molecule has 20 heavy (non-hydrogen) atoms. The second kappa shape index (κ2) is 6.51. The molecular weight excluding hydrogens is 281 g/mol. The van der Waals surface area contributed by atoms with E-state index in [1.165, 1.54) is 25.0 Å². The number of nitrogens with two attached hydrogens (primary N) is 1. The molecule has 0 unspecified atom stereocenters. The second-order valence-corrected chi connectivity index (χ2v) is 6.66. The van der Waals surface area contributed by atoms with E-state index >= 15 is 0 Å². The average molecular weight is 301 g/mol. The van der Waals surface area contributed by atoms with Crippen molar-refractivity contribution < 1.29 is 12.8 Å². The molecule has 0 aliphatic carbocycles. The zero-order valence-corrected chi connectivity index (χ0v) is 12.1. The Morgan fingerprint density at radius 1 is 1.30 bits per heavy atom. The van der Waals surface area contributed by atoms with Crippen molar-refractivity contribution in [1.29, 1.82) is 0 Å². The Morgan fingerprint density at radius 3 is 2.65 bits per heavy atom. The largest absolute Gasteiger partial charge is 0.398 e. The first-order chi connectivity index (χ1) is 9.50. The number of likely N-dealkylation sites (tertiary alicyclic amines) is 1. The van der Waals surface area contributed by atoms with Crippen molar-refractivity contribution in [3.63, 3.8) is 0 Å². The van der Waals surface area contributed by atoms with Crippen LogP contribution in [0, 0.1) is 5.82 Å². The summed E-state index contributed by atoms with van der Waals surface area (Å²) in [6.07, 6.45) is 3.11. The number of hydrogen-bond donors (Lipinski definition) is 2. The Labute approximate surface area is 119 Å². The molecule has 0 radical (unpaired) electrons. The summed E-state index contributed by atoms with van der Waals surface area (Å²) in [6, 6.07) is 3.86. The first-order valence-corrected chi connectivity index (χ1v) is 8.25. The molecule has 0 saturated carbocycles. The fourth-order valence-electron chi connectivity index (χ4n) is 2.40. The van der Waals surface area contributed by atoms with E-state index in [1.807, 2.05) is 0 Å². The van der Waals surface area contributed by atoms with Crippen LogP contribution in [0.3, 0.4) is 0 Å². The van der Waals surface area contributed by atoms with Gasteiger partial charge in [0.2, 0.25) is 10.0 Å². The van der Waals surface area contributed by atoms with Crippen LogP contribution in [-0.4, -0.2) is 39.5 Å². The third-order valence-corrected chi connectivity index (χ3v) is 4.96. The molecule has 0 aromatic heterocycles. The van der Waals surface area contributed by atoms with Crippen molar-refractivity contribution in [2.75, 3.05) is 31.9 Å². The van der Waals surface area contributed by atoms with Gasteiger partial charge >= 0.3 is 0 Å². The Hall–Kier alpha value is -1.18. The molecule has 0 bridgehead atoms. The smallest absolute Gasteiger partial charge is 0.245 e. The van der Waals surface area contributed by atoms with Gasteiger partial charge in [-0.15, -0.1) is 0 Å². The lowest BCUT2D eigenvalue weighted by Crippen LogP contribution is -2.29. The van der Waals surface area contributed by atoms with Crippen LogP contribution >= 0.6 is 0 Å². The van der Waals surface area contributed by atoms with Crippen LogP contribution in [0.5, 0.6) is 0 Å². The highest BCUT2D eigenvalue weighted by Crippen LogP contribution is 2.21. The fraction of sp³-hybridized carbons (Fsp3) is 0.538. The lowest BCUT2D eigenvalue weighted by molar-refractivity contribution is 0.334. The number of rotatable bonds is 6. The molecule has 1 fully saturated rings. The average Bonchev–Trinajstić information content (AvgIpc) is 2.87. The standard InChI is InChI=1S/C13H20FN3O2S/c14-11-5-3-6-12(15)13(11)20(18,19)16-7-4-10-17-8-1-2-9-17/h3,5-6,16H,1-2,4,7-10,15H2. The summed E-state index contributed by atoms with van der Waals surface area (Å²) >= 11 is 0. The van der Waals surface area contributed by atoms with Gasteiger partial charge in [0.1, 0.15) is 10.7 Å². The summed E-state index contributed by atoms with van der Waals surface area (Å²) in [7, 11) is -3.89. The molecule has 1 aliphatic rings. The number of hydrogen-bond acceptors (Lipinski definition) is 4. The van der Waals surface area contributed by atoms with E-state index < -0.39 is 20.7 Å². The molecule has 1 aromatic carbocycles. The predicted octanol–water partition coefficient (Wildman–Crippen LogP) is 1.17. The van der Waals surface area contributed by atoms with Crippen LogP contribution in [-0.2, 0) is 10.0 Å². The Balaban J connectivity index is 1.90. The minimum absolute atomic E-state index is 0.0722. The highest BCUT2D eigenvalue weighted by atomic mass is 32.2. The van der Waals surface area contributed by atoms with Crippen molar-refractivity contribution in [3.8, 4) is 0 Å². The van der Waals surface area contributed by atoms with Gasteiger partial charge in [-0.1, -0.05) is 6.07 Å². The lowest BCUT2D eigenvalue weighted by Gasteiger charge is -2.14. The number of sulfonamides is 1. The second-order valence-electron chi connectivity index (χ2n) is 4.96. The van der Waals surface area contributed by atoms with Crippen molar-refractivity contribution in [1.82, 2.24) is 9.62 Å². The van der Waals surface area contributed by atoms with Crippen molar-refractivity contribution in [2.45, 2.75) is 24.2 Å². The van der Waals surface area contributed by atoms with Crippen molar-refractivity contribution >= 4 is 15.7 Å². The normalized spacial score (nSPS) is 16.6. The van der Waals surface area contributed by atoms with E-state index in [4.69, 9.17) is 5.73 Å². The maximum Gasteiger partial charge on any atom is 0.245 e. The van der Waals surface area contributed by atoms with Crippen LogP contribution in [0.25, 0.3) is 0 Å². The molecule has 5 nitrogen and oxygen atoms in total. The number of benzene rings is 1. The quantitative estimate of drug-likeness (QED) is 0.611. The van der Waals surface area contributed by atoms with Crippen LogP contribution < -0.4 is 10.5 Å². The summed E-state index contributed by atoms with van der Waals surface area (Å²) in [5, 5.41) is 0. The van der Waals surface area contributed by atoms with Gasteiger partial charge in [-0.25, -0.2) is 17.5 Å². The van der Waals surface area contributed by atoms with Gasteiger partial charge in [0.25, 0.3) is 0 Å². The zero-order chi connectivity index (χ0) is 14.6. The van der Waals surface area contributed by atoms with Crippen molar-refractivity contribution in [3.05, 3.63) is 24.0 Å². The Kier molecular flexibility index (Phi) is 4.95. The number of nitrogens with one attached hydrogen (secondary N) is 1. The fourth-order valence-corrected chi connectivity index (χ4v) is 3.66. The van der Waals surface area contributed by atoms with Gasteiger partial charge in [-0.3, -0.25) is 0 Å². The highest BCUT2D eigenvalue weighted by Gasteiger charge is 2.21. The first kappa shape index (κ1) is 15.2. The maximum absolute atomic E-state index is 13.6.